The van der Waals surface area contributed by atoms with Gasteiger partial charge in [0.25, 0.3) is 0 Å². The summed E-state index contributed by atoms with van der Waals surface area (Å²) in [7, 11) is 0. The van der Waals surface area contributed by atoms with Crippen LogP contribution >= 0.6 is 0 Å². The SMILES string of the molecule is CC(C)C[C@H](N)c1nc2cccnc2n1C(C)C. The zero-order valence-corrected chi connectivity index (χ0v) is 11.6. The number of nitrogens with zero attached hydrogens (tertiary/aromatic N) is 3. The average molecular weight is 246 g/mol. The standard InChI is InChI=1S/C14H22N4/c1-9(2)8-11(15)13-17-12-6-5-7-16-14(12)18(13)10(3)4/h5-7,9-11H,8,15H2,1-4H3/t11-/m0/s1. The van der Waals surface area contributed by atoms with Crippen molar-refractivity contribution in [3.05, 3.63) is 24.2 Å². The van der Waals surface area contributed by atoms with Crippen LogP contribution in [-0.2, 0) is 0 Å². The van der Waals surface area contributed by atoms with E-state index in [-0.39, 0.29) is 6.04 Å². The summed E-state index contributed by atoms with van der Waals surface area (Å²) >= 11 is 0. The Morgan fingerprint density at radius 3 is 2.61 bits per heavy atom. The molecule has 0 amide bonds. The molecule has 2 rings (SSSR count). The van der Waals surface area contributed by atoms with Crippen molar-refractivity contribution >= 4 is 11.2 Å². The number of hydrogen-bond donors (Lipinski definition) is 1. The zero-order chi connectivity index (χ0) is 13.3. The maximum absolute atomic E-state index is 6.29. The van der Waals surface area contributed by atoms with E-state index >= 15 is 0 Å². The molecule has 98 valence electrons. The molecule has 0 spiro atoms. The minimum Gasteiger partial charge on any atom is -0.321 e. The van der Waals surface area contributed by atoms with Gasteiger partial charge in [0.15, 0.2) is 5.65 Å². The van der Waals surface area contributed by atoms with Gasteiger partial charge in [-0.25, -0.2) is 9.97 Å². The Hall–Kier alpha value is -1.42. The molecule has 0 fully saturated rings. The van der Waals surface area contributed by atoms with Crippen LogP contribution < -0.4 is 5.73 Å². The van der Waals surface area contributed by atoms with E-state index in [1.807, 2.05) is 12.1 Å². The molecule has 0 aliphatic rings. The molecule has 4 heteroatoms. The summed E-state index contributed by atoms with van der Waals surface area (Å²) in [6.45, 7) is 8.64. The number of nitrogens with two attached hydrogens (primary N) is 1. The summed E-state index contributed by atoms with van der Waals surface area (Å²) in [6.07, 6.45) is 2.75. The molecule has 0 radical (unpaired) electrons. The molecule has 2 heterocycles. The lowest BCUT2D eigenvalue weighted by Gasteiger charge is -2.18. The Labute approximate surface area is 108 Å². The summed E-state index contributed by atoms with van der Waals surface area (Å²) in [6, 6.07) is 4.20. The van der Waals surface area contributed by atoms with Crippen molar-refractivity contribution in [3.8, 4) is 0 Å². The van der Waals surface area contributed by atoms with Crippen molar-refractivity contribution in [2.45, 2.75) is 46.2 Å². The number of fused-ring (bicyclic) bond motifs is 1. The lowest BCUT2D eigenvalue weighted by atomic mass is 10.0. The molecular weight excluding hydrogens is 224 g/mol. The molecule has 2 aromatic rings. The van der Waals surface area contributed by atoms with E-state index in [4.69, 9.17) is 5.73 Å². The predicted molar refractivity (Wildman–Crippen MR) is 74.3 cm³/mol. The molecule has 2 N–H and O–H groups in total. The lowest BCUT2D eigenvalue weighted by molar-refractivity contribution is 0.462. The summed E-state index contributed by atoms with van der Waals surface area (Å²) in [4.78, 5) is 9.09. The van der Waals surface area contributed by atoms with Crippen LogP contribution in [0.15, 0.2) is 18.3 Å². The van der Waals surface area contributed by atoms with E-state index in [1.165, 1.54) is 0 Å². The van der Waals surface area contributed by atoms with Crippen LogP contribution in [0, 0.1) is 5.92 Å². The van der Waals surface area contributed by atoms with Crippen molar-refractivity contribution in [1.29, 1.82) is 0 Å². The van der Waals surface area contributed by atoms with Gasteiger partial charge in [-0.1, -0.05) is 13.8 Å². The number of pyridine rings is 1. The molecule has 0 aliphatic heterocycles. The maximum atomic E-state index is 6.29. The Bertz CT molecular complexity index is 528. The van der Waals surface area contributed by atoms with Gasteiger partial charge in [-0.2, -0.15) is 0 Å². The number of rotatable bonds is 4. The predicted octanol–water partition coefficient (Wildman–Crippen LogP) is 3.06. The highest BCUT2D eigenvalue weighted by Gasteiger charge is 2.20. The fourth-order valence-electron chi connectivity index (χ4n) is 2.33. The third-order valence-electron chi connectivity index (χ3n) is 3.05. The zero-order valence-electron chi connectivity index (χ0n) is 11.6. The molecular formula is C14H22N4. The summed E-state index contributed by atoms with van der Waals surface area (Å²) < 4.78 is 2.16. The van der Waals surface area contributed by atoms with Gasteiger partial charge in [-0.15, -0.1) is 0 Å². The molecule has 18 heavy (non-hydrogen) atoms. The molecule has 4 nitrogen and oxygen atoms in total. The first-order valence-electron chi connectivity index (χ1n) is 6.59. The topological polar surface area (TPSA) is 56.7 Å². The van der Waals surface area contributed by atoms with Crippen LogP contribution in [0.5, 0.6) is 0 Å². The first kappa shape index (κ1) is 13.0. The molecule has 0 saturated carbocycles. The van der Waals surface area contributed by atoms with Gasteiger partial charge in [0.1, 0.15) is 11.3 Å². The van der Waals surface area contributed by atoms with Crippen LogP contribution in [0.3, 0.4) is 0 Å². The highest BCUT2D eigenvalue weighted by molar-refractivity contribution is 5.71. The second-order valence-electron chi connectivity index (χ2n) is 5.52. The Balaban J connectivity index is 2.52. The van der Waals surface area contributed by atoms with Crippen molar-refractivity contribution in [3.63, 3.8) is 0 Å². The van der Waals surface area contributed by atoms with Gasteiger partial charge >= 0.3 is 0 Å². The monoisotopic (exact) mass is 246 g/mol. The molecule has 0 aliphatic carbocycles. The van der Waals surface area contributed by atoms with Gasteiger partial charge in [0.2, 0.25) is 0 Å². The second-order valence-corrected chi connectivity index (χ2v) is 5.52. The average Bonchev–Trinajstić information content (AvgIpc) is 2.67. The highest BCUT2D eigenvalue weighted by Crippen LogP contribution is 2.25. The molecule has 0 unspecified atom stereocenters. The van der Waals surface area contributed by atoms with Gasteiger partial charge in [0.05, 0.1) is 6.04 Å². The number of imidazole rings is 1. The van der Waals surface area contributed by atoms with Gasteiger partial charge < -0.3 is 10.3 Å². The highest BCUT2D eigenvalue weighted by atomic mass is 15.2. The van der Waals surface area contributed by atoms with Crippen molar-refractivity contribution < 1.29 is 0 Å². The van der Waals surface area contributed by atoms with Crippen LogP contribution in [0.1, 0.15) is 52.0 Å². The van der Waals surface area contributed by atoms with Crippen molar-refractivity contribution in [2.75, 3.05) is 0 Å². The quantitative estimate of drug-likeness (QED) is 0.902. The molecule has 1 atom stereocenters. The van der Waals surface area contributed by atoms with Crippen LogP contribution in [-0.4, -0.2) is 14.5 Å². The number of hydrogen-bond acceptors (Lipinski definition) is 3. The Kier molecular flexibility index (Phi) is 3.66. The van der Waals surface area contributed by atoms with E-state index in [1.54, 1.807) is 6.20 Å². The van der Waals surface area contributed by atoms with Crippen LogP contribution in [0.2, 0.25) is 0 Å². The van der Waals surface area contributed by atoms with Crippen molar-refractivity contribution in [1.82, 2.24) is 14.5 Å². The third kappa shape index (κ3) is 2.38. The normalized spacial score (nSPS) is 13.7. The first-order chi connectivity index (χ1) is 8.50. The maximum Gasteiger partial charge on any atom is 0.160 e. The van der Waals surface area contributed by atoms with Crippen molar-refractivity contribution in [2.24, 2.45) is 11.7 Å². The smallest absolute Gasteiger partial charge is 0.160 e. The van der Waals surface area contributed by atoms with Gasteiger partial charge in [-0.05, 0) is 38.3 Å². The van der Waals surface area contributed by atoms with Gasteiger partial charge in [0, 0.05) is 12.2 Å². The second kappa shape index (κ2) is 5.06. The fourth-order valence-corrected chi connectivity index (χ4v) is 2.33. The summed E-state index contributed by atoms with van der Waals surface area (Å²) in [5.41, 5.74) is 8.15. The summed E-state index contributed by atoms with van der Waals surface area (Å²) in [5.74, 6) is 1.51. The van der Waals surface area contributed by atoms with E-state index in [9.17, 15) is 0 Å². The Morgan fingerprint density at radius 1 is 1.28 bits per heavy atom. The van der Waals surface area contributed by atoms with Gasteiger partial charge in [-0.3, -0.25) is 0 Å². The number of aromatic nitrogens is 3. The molecule has 2 aromatic heterocycles. The fraction of sp³-hybridized carbons (Fsp3) is 0.571. The largest absolute Gasteiger partial charge is 0.321 e. The lowest BCUT2D eigenvalue weighted by Crippen LogP contribution is -2.19. The third-order valence-corrected chi connectivity index (χ3v) is 3.05. The van der Waals surface area contributed by atoms with Crippen LogP contribution in [0.4, 0.5) is 0 Å². The van der Waals surface area contributed by atoms with Crippen LogP contribution in [0.25, 0.3) is 11.2 Å². The summed E-state index contributed by atoms with van der Waals surface area (Å²) in [5, 5.41) is 0. The molecule has 0 aromatic carbocycles. The first-order valence-corrected chi connectivity index (χ1v) is 6.59. The van der Waals surface area contributed by atoms with E-state index in [0.29, 0.717) is 12.0 Å². The molecule has 0 bridgehead atoms. The minimum absolute atomic E-state index is 0.0263. The Morgan fingerprint density at radius 2 is 2.00 bits per heavy atom. The van der Waals surface area contributed by atoms with E-state index in [0.717, 1.165) is 23.4 Å². The molecule has 0 saturated heterocycles. The minimum atomic E-state index is -0.0263. The van der Waals surface area contributed by atoms with E-state index in [2.05, 4.69) is 42.2 Å². The van der Waals surface area contributed by atoms with E-state index < -0.39 is 0 Å².